The number of carboxylic acid groups (broad SMARTS) is 1. The van der Waals surface area contributed by atoms with Gasteiger partial charge in [0.25, 0.3) is 0 Å². The molecule has 0 saturated carbocycles. The average Bonchev–Trinajstić information content (AvgIpc) is 2.19. The van der Waals surface area contributed by atoms with Crippen molar-refractivity contribution in [3.63, 3.8) is 0 Å². The molecule has 1 atom stereocenters. The SMILES string of the molecule is NC(C(=O)O)c1cc(F)c(F)c(F)c1F. The summed E-state index contributed by atoms with van der Waals surface area (Å²) in [7, 11) is 0. The van der Waals surface area contributed by atoms with Crippen LogP contribution in [0.25, 0.3) is 0 Å². The zero-order valence-corrected chi connectivity index (χ0v) is 7.10. The second-order valence-electron chi connectivity index (χ2n) is 2.71. The highest BCUT2D eigenvalue weighted by atomic mass is 19.2. The lowest BCUT2D eigenvalue weighted by molar-refractivity contribution is -0.138. The summed E-state index contributed by atoms with van der Waals surface area (Å²) in [4.78, 5) is 10.3. The van der Waals surface area contributed by atoms with Crippen molar-refractivity contribution in [3.05, 3.63) is 34.9 Å². The van der Waals surface area contributed by atoms with Crippen LogP contribution in [0.3, 0.4) is 0 Å². The van der Waals surface area contributed by atoms with E-state index in [1.54, 1.807) is 0 Å². The lowest BCUT2D eigenvalue weighted by Gasteiger charge is -2.09. The Bertz CT molecular complexity index is 422. The van der Waals surface area contributed by atoms with Crippen LogP contribution >= 0.6 is 0 Å². The molecule has 0 amide bonds. The molecule has 3 nitrogen and oxygen atoms in total. The second-order valence-corrected chi connectivity index (χ2v) is 2.71. The third-order valence-corrected chi connectivity index (χ3v) is 1.73. The third kappa shape index (κ3) is 1.91. The van der Waals surface area contributed by atoms with Gasteiger partial charge in [0, 0.05) is 5.56 Å². The molecule has 1 aromatic carbocycles. The maximum Gasteiger partial charge on any atom is 0.325 e. The monoisotopic (exact) mass is 223 g/mol. The van der Waals surface area contributed by atoms with E-state index >= 15 is 0 Å². The molecule has 0 aromatic heterocycles. The molecule has 0 aliphatic rings. The number of hydrogen-bond acceptors (Lipinski definition) is 2. The summed E-state index contributed by atoms with van der Waals surface area (Å²) in [6.45, 7) is 0. The standard InChI is InChI=1S/C8H5F4NO2/c9-3-1-2(7(13)8(14)15)4(10)6(12)5(3)11/h1,7H,13H2,(H,14,15). The maximum atomic E-state index is 12.9. The summed E-state index contributed by atoms with van der Waals surface area (Å²) >= 11 is 0. The molecule has 0 fully saturated rings. The average molecular weight is 223 g/mol. The summed E-state index contributed by atoms with van der Waals surface area (Å²) in [5.74, 6) is -9.26. The Labute approximate surface area is 81.1 Å². The maximum absolute atomic E-state index is 12.9. The Hall–Kier alpha value is -1.63. The number of hydrogen-bond donors (Lipinski definition) is 2. The zero-order valence-electron chi connectivity index (χ0n) is 7.10. The van der Waals surface area contributed by atoms with Crippen LogP contribution in [0.4, 0.5) is 17.6 Å². The van der Waals surface area contributed by atoms with Crippen LogP contribution in [0.15, 0.2) is 6.07 Å². The minimum Gasteiger partial charge on any atom is -0.480 e. The van der Waals surface area contributed by atoms with Crippen molar-refractivity contribution < 1.29 is 27.5 Å². The molecule has 0 radical (unpaired) electrons. The van der Waals surface area contributed by atoms with Gasteiger partial charge in [0.2, 0.25) is 0 Å². The molecule has 82 valence electrons. The van der Waals surface area contributed by atoms with Crippen LogP contribution in [0.1, 0.15) is 11.6 Å². The van der Waals surface area contributed by atoms with Gasteiger partial charge < -0.3 is 10.8 Å². The van der Waals surface area contributed by atoms with Crippen LogP contribution < -0.4 is 5.73 Å². The quantitative estimate of drug-likeness (QED) is 0.451. The first kappa shape index (κ1) is 11.4. The van der Waals surface area contributed by atoms with Gasteiger partial charge in [0.05, 0.1) is 0 Å². The van der Waals surface area contributed by atoms with Gasteiger partial charge in [0.1, 0.15) is 6.04 Å². The molecule has 0 saturated heterocycles. The van der Waals surface area contributed by atoms with Crippen LogP contribution in [0, 0.1) is 23.3 Å². The summed E-state index contributed by atoms with van der Waals surface area (Å²) < 4.78 is 50.6. The van der Waals surface area contributed by atoms with Crippen LogP contribution in [0.2, 0.25) is 0 Å². The molecule has 3 N–H and O–H groups in total. The van der Waals surface area contributed by atoms with Gasteiger partial charge in [-0.1, -0.05) is 0 Å². The van der Waals surface area contributed by atoms with E-state index in [0.29, 0.717) is 0 Å². The van der Waals surface area contributed by atoms with Crippen molar-refractivity contribution >= 4 is 5.97 Å². The van der Waals surface area contributed by atoms with Crippen molar-refractivity contribution in [2.45, 2.75) is 6.04 Å². The number of aliphatic carboxylic acids is 1. The van der Waals surface area contributed by atoms with E-state index in [0.717, 1.165) is 0 Å². The summed E-state index contributed by atoms with van der Waals surface area (Å²) in [5, 5.41) is 8.38. The van der Waals surface area contributed by atoms with Gasteiger partial charge >= 0.3 is 5.97 Å². The molecular formula is C8H5F4NO2. The van der Waals surface area contributed by atoms with Crippen molar-refractivity contribution in [1.82, 2.24) is 0 Å². The first-order chi connectivity index (χ1) is 6.86. The van der Waals surface area contributed by atoms with Crippen LogP contribution in [-0.4, -0.2) is 11.1 Å². The molecule has 0 aliphatic heterocycles. The minimum atomic E-state index is -2.08. The van der Waals surface area contributed by atoms with E-state index < -0.39 is 40.8 Å². The summed E-state index contributed by atoms with van der Waals surface area (Å²) in [5.41, 5.74) is 3.99. The number of benzene rings is 1. The largest absolute Gasteiger partial charge is 0.480 e. The van der Waals surface area contributed by atoms with Crippen LogP contribution in [0.5, 0.6) is 0 Å². The molecule has 1 unspecified atom stereocenters. The van der Waals surface area contributed by atoms with E-state index in [-0.39, 0.29) is 6.07 Å². The molecule has 0 aliphatic carbocycles. The Kier molecular flexibility index (Phi) is 2.94. The Morgan fingerprint density at radius 2 is 1.73 bits per heavy atom. The van der Waals surface area contributed by atoms with E-state index in [4.69, 9.17) is 10.8 Å². The highest BCUT2D eigenvalue weighted by Crippen LogP contribution is 2.22. The number of carbonyl (C=O) groups is 1. The first-order valence-corrected chi connectivity index (χ1v) is 3.67. The Balaban J connectivity index is 3.38. The summed E-state index contributed by atoms with van der Waals surface area (Å²) in [6.07, 6.45) is 0. The van der Waals surface area contributed by atoms with Crippen molar-refractivity contribution in [1.29, 1.82) is 0 Å². The number of carboxylic acids is 1. The smallest absolute Gasteiger partial charge is 0.325 e. The van der Waals surface area contributed by atoms with E-state index in [1.807, 2.05) is 0 Å². The first-order valence-electron chi connectivity index (χ1n) is 3.67. The molecule has 1 aromatic rings. The predicted octanol–water partition coefficient (Wildman–Crippen LogP) is 1.33. The Morgan fingerprint density at radius 3 is 2.20 bits per heavy atom. The fraction of sp³-hybridized carbons (Fsp3) is 0.125. The minimum absolute atomic E-state index is 0.215. The second kappa shape index (κ2) is 3.85. The van der Waals surface area contributed by atoms with Gasteiger partial charge in [-0.15, -0.1) is 0 Å². The number of nitrogens with two attached hydrogens (primary N) is 1. The predicted molar refractivity (Wildman–Crippen MR) is 40.8 cm³/mol. The van der Waals surface area contributed by atoms with Crippen molar-refractivity contribution in [3.8, 4) is 0 Å². The van der Waals surface area contributed by atoms with Gasteiger partial charge in [-0.05, 0) is 6.07 Å². The molecule has 15 heavy (non-hydrogen) atoms. The van der Waals surface area contributed by atoms with E-state index in [2.05, 4.69) is 0 Å². The number of halogens is 4. The van der Waals surface area contributed by atoms with Gasteiger partial charge in [-0.25, -0.2) is 17.6 Å². The lowest BCUT2D eigenvalue weighted by atomic mass is 10.1. The fourth-order valence-corrected chi connectivity index (χ4v) is 0.950. The third-order valence-electron chi connectivity index (χ3n) is 1.73. The molecule has 0 spiro atoms. The summed E-state index contributed by atoms with van der Waals surface area (Å²) in [6, 6.07) is -1.73. The zero-order chi connectivity index (χ0) is 11.7. The highest BCUT2D eigenvalue weighted by molar-refractivity contribution is 5.75. The topological polar surface area (TPSA) is 63.3 Å². The fourth-order valence-electron chi connectivity index (χ4n) is 0.950. The molecular weight excluding hydrogens is 218 g/mol. The van der Waals surface area contributed by atoms with Crippen molar-refractivity contribution in [2.75, 3.05) is 0 Å². The molecule has 1 rings (SSSR count). The van der Waals surface area contributed by atoms with E-state index in [9.17, 15) is 22.4 Å². The Morgan fingerprint density at radius 1 is 1.20 bits per heavy atom. The van der Waals surface area contributed by atoms with E-state index in [1.165, 1.54) is 0 Å². The van der Waals surface area contributed by atoms with Gasteiger partial charge in [-0.2, -0.15) is 0 Å². The normalized spacial score (nSPS) is 12.6. The highest BCUT2D eigenvalue weighted by Gasteiger charge is 2.25. The molecule has 0 bridgehead atoms. The van der Waals surface area contributed by atoms with Gasteiger partial charge in [-0.3, -0.25) is 4.79 Å². The van der Waals surface area contributed by atoms with Gasteiger partial charge in [0.15, 0.2) is 23.3 Å². The van der Waals surface area contributed by atoms with Crippen LogP contribution in [-0.2, 0) is 4.79 Å². The molecule has 0 heterocycles. The number of rotatable bonds is 2. The lowest BCUT2D eigenvalue weighted by Crippen LogP contribution is -2.23. The van der Waals surface area contributed by atoms with Crippen molar-refractivity contribution in [2.24, 2.45) is 5.73 Å². The molecule has 7 heteroatoms.